The lowest BCUT2D eigenvalue weighted by atomic mass is 9.82. The van der Waals surface area contributed by atoms with Crippen LogP contribution < -0.4 is 5.32 Å². The molecule has 1 aromatic rings. The molecular formula is C18H30N2. The van der Waals surface area contributed by atoms with E-state index in [1.54, 1.807) is 0 Å². The zero-order valence-corrected chi connectivity index (χ0v) is 13.6. The SMILES string of the molecule is CCCc1ccc(C(NC)C2(N(C)C)CCCC2)cc1. The second-order valence-electron chi connectivity index (χ2n) is 6.42. The maximum absolute atomic E-state index is 3.59. The molecule has 20 heavy (non-hydrogen) atoms. The summed E-state index contributed by atoms with van der Waals surface area (Å²) in [5, 5.41) is 3.59. The molecule has 2 heteroatoms. The van der Waals surface area contributed by atoms with Crippen molar-refractivity contribution in [2.24, 2.45) is 0 Å². The highest BCUT2D eigenvalue weighted by Gasteiger charge is 2.43. The van der Waals surface area contributed by atoms with Crippen LogP contribution in [0.3, 0.4) is 0 Å². The van der Waals surface area contributed by atoms with Crippen LogP contribution in [-0.2, 0) is 6.42 Å². The van der Waals surface area contributed by atoms with E-state index in [4.69, 9.17) is 0 Å². The number of likely N-dealkylation sites (N-methyl/N-ethyl adjacent to an activating group) is 2. The van der Waals surface area contributed by atoms with E-state index in [1.807, 2.05) is 0 Å². The summed E-state index contributed by atoms with van der Waals surface area (Å²) in [6.07, 6.45) is 7.69. The van der Waals surface area contributed by atoms with Crippen LogP contribution in [0.2, 0.25) is 0 Å². The van der Waals surface area contributed by atoms with Crippen molar-refractivity contribution in [1.29, 1.82) is 0 Å². The average Bonchev–Trinajstić information content (AvgIpc) is 2.93. The molecule has 1 aromatic carbocycles. The lowest BCUT2D eigenvalue weighted by Crippen LogP contribution is -2.51. The smallest absolute Gasteiger partial charge is 0.0504 e. The molecule has 1 aliphatic carbocycles. The molecule has 1 unspecified atom stereocenters. The van der Waals surface area contributed by atoms with E-state index in [0.29, 0.717) is 6.04 Å². The van der Waals surface area contributed by atoms with Gasteiger partial charge >= 0.3 is 0 Å². The molecule has 0 aromatic heterocycles. The standard InChI is InChI=1S/C18H30N2/c1-5-8-15-9-11-16(12-10-15)17(19-2)18(20(3)4)13-6-7-14-18/h9-12,17,19H,5-8,13-14H2,1-4H3. The maximum Gasteiger partial charge on any atom is 0.0504 e. The molecule has 0 amide bonds. The number of nitrogens with zero attached hydrogens (tertiary/aromatic N) is 1. The molecule has 0 bridgehead atoms. The molecule has 2 rings (SSSR count). The molecule has 0 aliphatic heterocycles. The molecule has 1 atom stereocenters. The van der Waals surface area contributed by atoms with Crippen molar-refractivity contribution in [2.45, 2.75) is 57.0 Å². The summed E-state index contributed by atoms with van der Waals surface area (Å²) >= 11 is 0. The predicted octanol–water partition coefficient (Wildman–Crippen LogP) is 3.77. The average molecular weight is 274 g/mol. The third-order valence-electron chi connectivity index (χ3n) is 5.04. The van der Waals surface area contributed by atoms with Gasteiger partial charge in [0, 0.05) is 5.54 Å². The molecule has 1 N–H and O–H groups in total. The Balaban J connectivity index is 2.26. The van der Waals surface area contributed by atoms with Gasteiger partial charge in [-0.25, -0.2) is 0 Å². The van der Waals surface area contributed by atoms with Crippen molar-refractivity contribution >= 4 is 0 Å². The quantitative estimate of drug-likeness (QED) is 0.849. The van der Waals surface area contributed by atoms with E-state index < -0.39 is 0 Å². The van der Waals surface area contributed by atoms with Gasteiger partial charge in [0.05, 0.1) is 6.04 Å². The Hall–Kier alpha value is -0.860. The van der Waals surface area contributed by atoms with E-state index in [0.717, 1.165) is 0 Å². The second-order valence-corrected chi connectivity index (χ2v) is 6.42. The minimum absolute atomic E-state index is 0.279. The number of benzene rings is 1. The fourth-order valence-corrected chi connectivity index (χ4v) is 3.89. The van der Waals surface area contributed by atoms with E-state index in [1.165, 1.54) is 49.7 Å². The number of nitrogens with one attached hydrogen (secondary N) is 1. The molecule has 1 aliphatic rings. The molecule has 0 radical (unpaired) electrons. The highest BCUT2D eigenvalue weighted by molar-refractivity contribution is 5.28. The molecular weight excluding hydrogens is 244 g/mol. The van der Waals surface area contributed by atoms with Gasteiger partial charge in [0.15, 0.2) is 0 Å². The maximum atomic E-state index is 3.59. The number of rotatable bonds is 6. The first-order valence-electron chi connectivity index (χ1n) is 8.07. The van der Waals surface area contributed by atoms with Crippen LogP contribution in [0.15, 0.2) is 24.3 Å². The summed E-state index contributed by atoms with van der Waals surface area (Å²) in [7, 11) is 6.58. The molecule has 0 saturated heterocycles. The second kappa shape index (κ2) is 6.73. The Bertz CT molecular complexity index is 402. The first kappa shape index (κ1) is 15.5. The lowest BCUT2D eigenvalue weighted by molar-refractivity contribution is 0.108. The van der Waals surface area contributed by atoms with Crippen LogP contribution >= 0.6 is 0 Å². The summed E-state index contributed by atoms with van der Waals surface area (Å²) in [4.78, 5) is 2.45. The number of hydrogen-bond acceptors (Lipinski definition) is 2. The van der Waals surface area contributed by atoms with Crippen LogP contribution in [0.1, 0.15) is 56.2 Å². The van der Waals surface area contributed by atoms with Gasteiger partial charge in [0.2, 0.25) is 0 Å². The highest BCUT2D eigenvalue weighted by Crippen LogP contribution is 2.43. The molecule has 2 nitrogen and oxygen atoms in total. The minimum atomic E-state index is 0.279. The Labute approximate surface area is 124 Å². The molecule has 1 saturated carbocycles. The predicted molar refractivity (Wildman–Crippen MR) is 87.1 cm³/mol. The van der Waals surface area contributed by atoms with Gasteiger partial charge in [0.1, 0.15) is 0 Å². The van der Waals surface area contributed by atoms with E-state index >= 15 is 0 Å². The Morgan fingerprint density at radius 3 is 2.20 bits per heavy atom. The van der Waals surface area contributed by atoms with Gasteiger partial charge in [-0.1, -0.05) is 50.5 Å². The van der Waals surface area contributed by atoms with Crippen LogP contribution in [0.5, 0.6) is 0 Å². The van der Waals surface area contributed by atoms with Crippen LogP contribution in [0.25, 0.3) is 0 Å². The third kappa shape index (κ3) is 2.91. The normalized spacial score (nSPS) is 19.4. The largest absolute Gasteiger partial charge is 0.311 e. The molecule has 1 fully saturated rings. The minimum Gasteiger partial charge on any atom is -0.311 e. The van der Waals surface area contributed by atoms with Crippen LogP contribution in [0.4, 0.5) is 0 Å². The zero-order chi connectivity index (χ0) is 14.6. The van der Waals surface area contributed by atoms with Crippen LogP contribution in [0, 0.1) is 0 Å². The van der Waals surface area contributed by atoms with Crippen molar-refractivity contribution < 1.29 is 0 Å². The molecule has 0 heterocycles. The van der Waals surface area contributed by atoms with Gasteiger partial charge in [-0.2, -0.15) is 0 Å². The van der Waals surface area contributed by atoms with Gasteiger partial charge in [-0.3, -0.25) is 0 Å². The van der Waals surface area contributed by atoms with Crippen molar-refractivity contribution in [3.63, 3.8) is 0 Å². The monoisotopic (exact) mass is 274 g/mol. The number of aryl methyl sites for hydroxylation is 1. The summed E-state index contributed by atoms with van der Waals surface area (Å²) in [6, 6.07) is 9.70. The summed E-state index contributed by atoms with van der Waals surface area (Å²) in [5.74, 6) is 0. The van der Waals surface area contributed by atoms with Crippen LogP contribution in [-0.4, -0.2) is 31.6 Å². The first-order chi connectivity index (χ1) is 9.64. The Morgan fingerprint density at radius 2 is 1.75 bits per heavy atom. The van der Waals surface area contributed by atoms with E-state index in [-0.39, 0.29) is 5.54 Å². The zero-order valence-electron chi connectivity index (χ0n) is 13.6. The Kier molecular flexibility index (Phi) is 5.22. The van der Waals surface area contributed by atoms with Crippen molar-refractivity contribution in [3.05, 3.63) is 35.4 Å². The van der Waals surface area contributed by atoms with Crippen molar-refractivity contribution in [1.82, 2.24) is 10.2 Å². The topological polar surface area (TPSA) is 15.3 Å². The van der Waals surface area contributed by atoms with Crippen molar-refractivity contribution in [3.8, 4) is 0 Å². The third-order valence-corrected chi connectivity index (χ3v) is 5.04. The van der Waals surface area contributed by atoms with Gasteiger partial charge in [0.25, 0.3) is 0 Å². The summed E-state index contributed by atoms with van der Waals surface area (Å²) < 4.78 is 0. The van der Waals surface area contributed by atoms with E-state index in [9.17, 15) is 0 Å². The van der Waals surface area contributed by atoms with E-state index in [2.05, 4.69) is 62.5 Å². The summed E-state index contributed by atoms with van der Waals surface area (Å²) in [6.45, 7) is 2.24. The fraction of sp³-hybridized carbons (Fsp3) is 0.667. The number of hydrogen-bond donors (Lipinski definition) is 1. The molecule has 112 valence electrons. The fourth-order valence-electron chi connectivity index (χ4n) is 3.89. The van der Waals surface area contributed by atoms with Gasteiger partial charge in [-0.15, -0.1) is 0 Å². The first-order valence-corrected chi connectivity index (χ1v) is 8.07. The summed E-state index contributed by atoms with van der Waals surface area (Å²) in [5.41, 5.74) is 3.17. The van der Waals surface area contributed by atoms with Gasteiger partial charge < -0.3 is 10.2 Å². The van der Waals surface area contributed by atoms with Gasteiger partial charge in [-0.05, 0) is 51.5 Å². The lowest BCUT2D eigenvalue weighted by Gasteiger charge is -2.43. The Morgan fingerprint density at radius 1 is 1.15 bits per heavy atom. The highest BCUT2D eigenvalue weighted by atomic mass is 15.2. The molecule has 0 spiro atoms. The van der Waals surface area contributed by atoms with Crippen molar-refractivity contribution in [2.75, 3.05) is 21.1 Å².